The van der Waals surface area contributed by atoms with E-state index in [1.807, 2.05) is 12.1 Å². The van der Waals surface area contributed by atoms with E-state index in [0.29, 0.717) is 5.88 Å². The summed E-state index contributed by atoms with van der Waals surface area (Å²) in [5.74, 6) is 1.46. The van der Waals surface area contributed by atoms with E-state index in [9.17, 15) is 0 Å². The first-order chi connectivity index (χ1) is 9.57. The Morgan fingerprint density at radius 3 is 3.05 bits per heavy atom. The van der Waals surface area contributed by atoms with Crippen LogP contribution in [0, 0.1) is 0 Å². The zero-order chi connectivity index (χ0) is 14.3. The quantitative estimate of drug-likeness (QED) is 0.681. The van der Waals surface area contributed by atoms with Crippen LogP contribution in [0.15, 0.2) is 18.2 Å². The van der Waals surface area contributed by atoms with Gasteiger partial charge in [-0.1, -0.05) is 13.0 Å². The fourth-order valence-corrected chi connectivity index (χ4v) is 3.70. The van der Waals surface area contributed by atoms with Crippen LogP contribution in [0.4, 0.5) is 0 Å². The highest BCUT2D eigenvalue weighted by Crippen LogP contribution is 2.44. The van der Waals surface area contributed by atoms with Gasteiger partial charge in [0.1, 0.15) is 5.75 Å². The van der Waals surface area contributed by atoms with Gasteiger partial charge in [0.15, 0.2) is 10.8 Å². The molecule has 0 saturated carbocycles. The van der Waals surface area contributed by atoms with E-state index in [1.54, 1.807) is 0 Å². The number of nitrogens with zero attached hydrogens (tertiary/aromatic N) is 1. The zero-order valence-corrected chi connectivity index (χ0v) is 13.4. The molecule has 0 radical (unpaired) electrons. The Morgan fingerprint density at radius 1 is 1.55 bits per heavy atom. The van der Waals surface area contributed by atoms with Crippen LogP contribution >= 0.6 is 23.8 Å². The third-order valence-corrected chi connectivity index (χ3v) is 4.72. The average Bonchev–Trinajstić information content (AvgIpc) is 2.43. The number of rotatable bonds is 3. The molecule has 2 bridgehead atoms. The molecule has 2 aliphatic heterocycles. The number of halogens is 1. The molecule has 108 valence electrons. The van der Waals surface area contributed by atoms with Crippen molar-refractivity contribution in [1.82, 2.24) is 10.2 Å². The Morgan fingerprint density at radius 2 is 2.35 bits per heavy atom. The lowest BCUT2D eigenvalue weighted by Gasteiger charge is -2.52. The summed E-state index contributed by atoms with van der Waals surface area (Å²) in [6.07, 6.45) is 1.94. The number of fused-ring (bicyclic) bond motifs is 4. The molecule has 1 aromatic carbocycles. The van der Waals surface area contributed by atoms with Crippen LogP contribution in [0.2, 0.25) is 0 Å². The van der Waals surface area contributed by atoms with Crippen molar-refractivity contribution in [2.45, 2.75) is 44.3 Å². The fourth-order valence-electron chi connectivity index (χ4n) is 3.11. The molecule has 1 fully saturated rings. The van der Waals surface area contributed by atoms with E-state index in [2.05, 4.69) is 30.1 Å². The predicted molar refractivity (Wildman–Crippen MR) is 85.1 cm³/mol. The minimum absolute atomic E-state index is 0.215. The Labute approximate surface area is 130 Å². The molecule has 2 heterocycles. The van der Waals surface area contributed by atoms with Gasteiger partial charge < -0.3 is 15.0 Å². The van der Waals surface area contributed by atoms with E-state index in [4.69, 9.17) is 28.6 Å². The van der Waals surface area contributed by atoms with Crippen molar-refractivity contribution in [3.05, 3.63) is 29.3 Å². The summed E-state index contributed by atoms with van der Waals surface area (Å²) in [5.41, 5.74) is 1.93. The lowest BCUT2D eigenvalue weighted by Crippen LogP contribution is -2.64. The summed E-state index contributed by atoms with van der Waals surface area (Å²) >= 11 is 11.4. The number of hydrogen-bond donors (Lipinski definition) is 1. The number of hydrogen-bond acceptors (Lipinski definition) is 2. The third kappa shape index (κ3) is 2.15. The van der Waals surface area contributed by atoms with Crippen LogP contribution in [-0.4, -0.2) is 22.3 Å². The summed E-state index contributed by atoms with van der Waals surface area (Å²) in [4.78, 5) is 2.16. The van der Waals surface area contributed by atoms with Crippen LogP contribution in [0.3, 0.4) is 0 Å². The molecule has 20 heavy (non-hydrogen) atoms. The second-order valence-electron chi connectivity index (χ2n) is 5.64. The highest BCUT2D eigenvalue weighted by Gasteiger charge is 2.47. The van der Waals surface area contributed by atoms with Crippen molar-refractivity contribution in [3.8, 4) is 5.75 Å². The molecule has 1 N–H and O–H groups in total. The van der Waals surface area contributed by atoms with Gasteiger partial charge in [-0.2, -0.15) is 0 Å². The van der Waals surface area contributed by atoms with Crippen LogP contribution in [0.5, 0.6) is 5.75 Å². The maximum Gasteiger partial charge on any atom is 0.184 e. The molecule has 0 amide bonds. The van der Waals surface area contributed by atoms with Crippen molar-refractivity contribution in [2.24, 2.45) is 0 Å². The van der Waals surface area contributed by atoms with Gasteiger partial charge in [-0.25, -0.2) is 0 Å². The van der Waals surface area contributed by atoms with E-state index in [0.717, 1.165) is 35.8 Å². The molecule has 2 aliphatic rings. The topological polar surface area (TPSA) is 24.5 Å². The molecule has 2 unspecified atom stereocenters. The molecule has 0 spiro atoms. The van der Waals surface area contributed by atoms with Gasteiger partial charge in [0.2, 0.25) is 0 Å². The molecule has 0 aliphatic carbocycles. The highest BCUT2D eigenvalue weighted by atomic mass is 35.5. The van der Waals surface area contributed by atoms with Gasteiger partial charge in [-0.3, -0.25) is 0 Å². The average molecular weight is 311 g/mol. The first-order valence-electron chi connectivity index (χ1n) is 7.03. The van der Waals surface area contributed by atoms with Gasteiger partial charge in [0, 0.05) is 24.4 Å². The SMILES string of the molecule is CCCN1C(=S)NC2CC1(C)Oc1ccc(CCl)cc12. The minimum atomic E-state index is -0.349. The molecule has 5 heteroatoms. The molecule has 3 nitrogen and oxygen atoms in total. The molecule has 1 saturated heterocycles. The van der Waals surface area contributed by atoms with Crippen molar-refractivity contribution in [2.75, 3.05) is 6.54 Å². The van der Waals surface area contributed by atoms with Gasteiger partial charge in [0.05, 0.1) is 6.04 Å². The summed E-state index contributed by atoms with van der Waals surface area (Å²) < 4.78 is 6.28. The second-order valence-corrected chi connectivity index (χ2v) is 6.29. The van der Waals surface area contributed by atoms with Crippen LogP contribution < -0.4 is 10.1 Å². The van der Waals surface area contributed by atoms with Crippen molar-refractivity contribution >= 4 is 28.9 Å². The van der Waals surface area contributed by atoms with Crippen molar-refractivity contribution in [1.29, 1.82) is 0 Å². The summed E-state index contributed by atoms with van der Waals surface area (Å²) in [6, 6.07) is 6.39. The molecular formula is C15H19ClN2OS. The van der Waals surface area contributed by atoms with Crippen molar-refractivity contribution in [3.63, 3.8) is 0 Å². The first kappa shape index (κ1) is 14.0. The molecule has 2 atom stereocenters. The number of alkyl halides is 1. The Hall–Kier alpha value is -1.00. The maximum atomic E-state index is 6.28. The van der Waals surface area contributed by atoms with E-state index < -0.39 is 0 Å². The third-order valence-electron chi connectivity index (χ3n) is 4.08. The minimum Gasteiger partial charge on any atom is -0.468 e. The monoisotopic (exact) mass is 310 g/mol. The van der Waals surface area contributed by atoms with Crippen LogP contribution in [0.1, 0.15) is 43.9 Å². The maximum absolute atomic E-state index is 6.28. The van der Waals surface area contributed by atoms with Gasteiger partial charge >= 0.3 is 0 Å². The summed E-state index contributed by atoms with van der Waals surface area (Å²) in [7, 11) is 0. The normalized spacial score (nSPS) is 27.6. The lowest BCUT2D eigenvalue weighted by atomic mass is 9.89. The Bertz CT molecular complexity index is 551. The predicted octanol–water partition coefficient (Wildman–Crippen LogP) is 3.57. The van der Waals surface area contributed by atoms with Crippen LogP contribution in [-0.2, 0) is 5.88 Å². The van der Waals surface area contributed by atoms with E-state index in [1.165, 1.54) is 5.56 Å². The smallest absolute Gasteiger partial charge is 0.184 e. The molecule has 1 aromatic rings. The number of benzene rings is 1. The van der Waals surface area contributed by atoms with Gasteiger partial charge in [-0.15, -0.1) is 11.6 Å². The van der Waals surface area contributed by atoms with E-state index >= 15 is 0 Å². The molecule has 3 rings (SSSR count). The number of nitrogens with one attached hydrogen (secondary N) is 1. The summed E-state index contributed by atoms with van der Waals surface area (Å²) in [5, 5.41) is 4.23. The van der Waals surface area contributed by atoms with Gasteiger partial charge in [-0.05, 0) is 43.3 Å². The van der Waals surface area contributed by atoms with Gasteiger partial charge in [0.25, 0.3) is 0 Å². The summed E-state index contributed by atoms with van der Waals surface area (Å²) in [6.45, 7) is 5.19. The highest BCUT2D eigenvalue weighted by molar-refractivity contribution is 7.80. The molecule has 0 aromatic heterocycles. The fraction of sp³-hybridized carbons (Fsp3) is 0.533. The van der Waals surface area contributed by atoms with Crippen molar-refractivity contribution < 1.29 is 4.74 Å². The Balaban J connectivity index is 2.00. The Kier molecular flexibility index (Phi) is 3.55. The number of thiocarbonyl (C=S) groups is 1. The second kappa shape index (κ2) is 5.08. The molecular weight excluding hydrogens is 292 g/mol. The zero-order valence-electron chi connectivity index (χ0n) is 11.8. The number of ether oxygens (including phenoxy) is 1. The van der Waals surface area contributed by atoms with Crippen LogP contribution in [0.25, 0.3) is 0 Å². The standard InChI is InChI=1S/C15H19ClN2OS/c1-3-6-18-14(20)17-12-8-15(18,2)19-13-5-4-10(9-16)7-11(12)13/h4-5,7,12H,3,6,8-9H2,1-2H3,(H,17,20). The lowest BCUT2D eigenvalue weighted by molar-refractivity contribution is -0.0680. The largest absolute Gasteiger partial charge is 0.468 e. The first-order valence-corrected chi connectivity index (χ1v) is 7.97. The van der Waals surface area contributed by atoms with E-state index in [-0.39, 0.29) is 11.8 Å².